The van der Waals surface area contributed by atoms with Gasteiger partial charge in [-0.3, -0.25) is 9.48 Å². The molecule has 1 aliphatic rings. The van der Waals surface area contributed by atoms with E-state index >= 15 is 0 Å². The Bertz CT molecular complexity index is 697. The Labute approximate surface area is 138 Å². The summed E-state index contributed by atoms with van der Waals surface area (Å²) in [6.45, 7) is 2.18. The van der Waals surface area contributed by atoms with E-state index in [0.29, 0.717) is 11.7 Å². The highest BCUT2D eigenvalue weighted by atomic mass is 35.5. The number of hydrogen-bond donors (Lipinski definition) is 2. The van der Waals surface area contributed by atoms with E-state index in [4.69, 9.17) is 11.6 Å². The van der Waals surface area contributed by atoms with Gasteiger partial charge in [0.15, 0.2) is 0 Å². The zero-order valence-corrected chi connectivity index (χ0v) is 13.3. The molecule has 0 bridgehead atoms. The standard InChI is InChI=1S/C16H18ClFN4O/c17-13-8-11(3-4-14(13)18)9-20-16(23)15-5-7-22(21-15)12-2-1-6-19-10-12/h3-5,7-8,12,19H,1-2,6,9-10H2,(H,20,23). The lowest BCUT2D eigenvalue weighted by Gasteiger charge is -2.22. The molecule has 122 valence electrons. The third-order valence-electron chi connectivity index (χ3n) is 3.92. The average molecular weight is 337 g/mol. The van der Waals surface area contributed by atoms with Crippen molar-refractivity contribution in [3.8, 4) is 0 Å². The minimum absolute atomic E-state index is 0.0471. The van der Waals surface area contributed by atoms with Gasteiger partial charge in [0.1, 0.15) is 11.5 Å². The van der Waals surface area contributed by atoms with Gasteiger partial charge in [-0.1, -0.05) is 17.7 Å². The smallest absolute Gasteiger partial charge is 0.272 e. The van der Waals surface area contributed by atoms with E-state index in [1.807, 2.05) is 10.9 Å². The molecular formula is C16H18ClFN4O. The second-order valence-electron chi connectivity index (χ2n) is 5.61. The number of amides is 1. The van der Waals surface area contributed by atoms with Gasteiger partial charge in [0.25, 0.3) is 5.91 Å². The van der Waals surface area contributed by atoms with Gasteiger partial charge in [0.05, 0.1) is 11.1 Å². The summed E-state index contributed by atoms with van der Waals surface area (Å²) in [7, 11) is 0. The van der Waals surface area contributed by atoms with Gasteiger partial charge in [0.2, 0.25) is 0 Å². The Morgan fingerprint density at radius 2 is 2.35 bits per heavy atom. The van der Waals surface area contributed by atoms with E-state index < -0.39 is 5.82 Å². The highest BCUT2D eigenvalue weighted by Gasteiger charge is 2.17. The van der Waals surface area contributed by atoms with Crippen molar-refractivity contribution in [1.29, 1.82) is 0 Å². The molecule has 0 aliphatic carbocycles. The number of aromatic nitrogens is 2. The van der Waals surface area contributed by atoms with E-state index in [1.165, 1.54) is 12.1 Å². The molecule has 7 heteroatoms. The van der Waals surface area contributed by atoms with Gasteiger partial charge < -0.3 is 10.6 Å². The molecule has 0 spiro atoms. The molecule has 1 aromatic carbocycles. The van der Waals surface area contributed by atoms with Crippen LogP contribution in [-0.2, 0) is 6.54 Å². The Hall–Kier alpha value is -1.92. The SMILES string of the molecule is O=C(NCc1ccc(F)c(Cl)c1)c1ccn(C2CCCNC2)n1. The molecule has 3 rings (SSSR count). The summed E-state index contributed by atoms with van der Waals surface area (Å²) in [5.41, 5.74) is 1.12. The number of rotatable bonds is 4. The van der Waals surface area contributed by atoms with Crippen molar-refractivity contribution in [2.24, 2.45) is 0 Å². The summed E-state index contributed by atoms with van der Waals surface area (Å²) >= 11 is 5.73. The van der Waals surface area contributed by atoms with Crippen LogP contribution in [0.25, 0.3) is 0 Å². The molecule has 5 nitrogen and oxygen atoms in total. The van der Waals surface area contributed by atoms with Gasteiger partial charge >= 0.3 is 0 Å². The van der Waals surface area contributed by atoms with Crippen molar-refractivity contribution in [1.82, 2.24) is 20.4 Å². The van der Waals surface area contributed by atoms with E-state index in [2.05, 4.69) is 15.7 Å². The van der Waals surface area contributed by atoms with Crippen molar-refractivity contribution in [3.05, 3.63) is 52.6 Å². The molecule has 2 heterocycles. The van der Waals surface area contributed by atoms with Crippen LogP contribution in [0.15, 0.2) is 30.5 Å². The maximum atomic E-state index is 13.1. The van der Waals surface area contributed by atoms with E-state index in [9.17, 15) is 9.18 Å². The summed E-state index contributed by atoms with van der Waals surface area (Å²) in [5, 5.41) is 10.5. The van der Waals surface area contributed by atoms with Crippen LogP contribution in [0.4, 0.5) is 4.39 Å². The van der Waals surface area contributed by atoms with Gasteiger partial charge in [-0.2, -0.15) is 5.10 Å². The molecular weight excluding hydrogens is 319 g/mol. The highest BCUT2D eigenvalue weighted by molar-refractivity contribution is 6.30. The monoisotopic (exact) mass is 336 g/mol. The second kappa shape index (κ2) is 7.10. The molecule has 0 radical (unpaired) electrons. The van der Waals surface area contributed by atoms with E-state index in [1.54, 1.807) is 12.1 Å². The molecule has 23 heavy (non-hydrogen) atoms. The molecule has 1 atom stereocenters. The Kier molecular flexibility index (Phi) is 4.93. The number of benzene rings is 1. The maximum Gasteiger partial charge on any atom is 0.272 e. The summed E-state index contributed by atoms with van der Waals surface area (Å²) in [4.78, 5) is 12.2. The van der Waals surface area contributed by atoms with Crippen LogP contribution < -0.4 is 10.6 Å². The zero-order chi connectivity index (χ0) is 16.2. The largest absolute Gasteiger partial charge is 0.347 e. The van der Waals surface area contributed by atoms with Crippen molar-refractivity contribution < 1.29 is 9.18 Å². The number of piperidine rings is 1. The Morgan fingerprint density at radius 3 is 3.09 bits per heavy atom. The fraction of sp³-hybridized carbons (Fsp3) is 0.375. The molecule has 2 aromatic rings. The molecule has 1 aliphatic heterocycles. The highest BCUT2D eigenvalue weighted by Crippen LogP contribution is 2.17. The van der Waals surface area contributed by atoms with Crippen molar-refractivity contribution in [2.45, 2.75) is 25.4 Å². The van der Waals surface area contributed by atoms with Crippen LogP contribution in [0, 0.1) is 5.82 Å². The summed E-state index contributed by atoms with van der Waals surface area (Å²) in [5.74, 6) is -0.727. The number of nitrogens with zero attached hydrogens (tertiary/aromatic N) is 2. The fourth-order valence-corrected chi connectivity index (χ4v) is 2.85. The van der Waals surface area contributed by atoms with E-state index in [0.717, 1.165) is 31.5 Å². The fourth-order valence-electron chi connectivity index (χ4n) is 2.64. The van der Waals surface area contributed by atoms with Crippen molar-refractivity contribution in [3.63, 3.8) is 0 Å². The number of halogens is 2. The normalized spacial score (nSPS) is 17.9. The first kappa shape index (κ1) is 16.0. The quantitative estimate of drug-likeness (QED) is 0.902. The molecule has 0 saturated carbocycles. The predicted molar refractivity (Wildman–Crippen MR) is 85.9 cm³/mol. The molecule has 1 fully saturated rings. The van der Waals surface area contributed by atoms with Crippen LogP contribution in [0.2, 0.25) is 5.02 Å². The second-order valence-corrected chi connectivity index (χ2v) is 6.02. The predicted octanol–water partition coefficient (Wildman–Crippen LogP) is 2.53. The van der Waals surface area contributed by atoms with Crippen LogP contribution in [0.3, 0.4) is 0 Å². The lowest BCUT2D eigenvalue weighted by Crippen LogP contribution is -2.32. The number of carbonyl (C=O) groups excluding carboxylic acids is 1. The topological polar surface area (TPSA) is 59.0 Å². The number of nitrogens with one attached hydrogen (secondary N) is 2. The van der Waals surface area contributed by atoms with Crippen LogP contribution in [0.5, 0.6) is 0 Å². The summed E-state index contributed by atoms with van der Waals surface area (Å²) in [6.07, 6.45) is 4.00. The first-order valence-electron chi connectivity index (χ1n) is 7.61. The third-order valence-corrected chi connectivity index (χ3v) is 4.21. The first-order chi connectivity index (χ1) is 11.1. The number of hydrogen-bond acceptors (Lipinski definition) is 3. The van der Waals surface area contributed by atoms with Gasteiger partial charge in [-0.05, 0) is 43.1 Å². The molecule has 2 N–H and O–H groups in total. The molecule has 1 saturated heterocycles. The Morgan fingerprint density at radius 1 is 1.48 bits per heavy atom. The summed E-state index contributed by atoms with van der Waals surface area (Å²) in [6, 6.07) is 6.38. The van der Waals surface area contributed by atoms with Crippen LogP contribution in [-0.4, -0.2) is 28.8 Å². The van der Waals surface area contributed by atoms with Crippen molar-refractivity contribution >= 4 is 17.5 Å². The average Bonchev–Trinajstić information content (AvgIpc) is 3.06. The van der Waals surface area contributed by atoms with Gasteiger partial charge in [-0.25, -0.2) is 4.39 Å². The lowest BCUT2D eigenvalue weighted by atomic mass is 10.1. The van der Waals surface area contributed by atoms with Gasteiger partial charge in [0, 0.05) is 19.3 Å². The summed E-state index contributed by atoms with van der Waals surface area (Å²) < 4.78 is 14.9. The van der Waals surface area contributed by atoms with Gasteiger partial charge in [-0.15, -0.1) is 0 Å². The Balaban J connectivity index is 1.59. The zero-order valence-electron chi connectivity index (χ0n) is 12.6. The van der Waals surface area contributed by atoms with Crippen LogP contribution in [0.1, 0.15) is 34.9 Å². The number of carbonyl (C=O) groups is 1. The maximum absolute atomic E-state index is 13.1. The molecule has 1 amide bonds. The third kappa shape index (κ3) is 3.89. The lowest BCUT2D eigenvalue weighted by molar-refractivity contribution is 0.0944. The first-order valence-corrected chi connectivity index (χ1v) is 7.99. The minimum Gasteiger partial charge on any atom is -0.347 e. The van der Waals surface area contributed by atoms with E-state index in [-0.39, 0.29) is 17.5 Å². The van der Waals surface area contributed by atoms with Crippen LogP contribution >= 0.6 is 11.6 Å². The molecule has 1 unspecified atom stereocenters. The molecule has 1 aromatic heterocycles. The van der Waals surface area contributed by atoms with Crippen molar-refractivity contribution in [2.75, 3.05) is 13.1 Å². The minimum atomic E-state index is -0.471.